The van der Waals surface area contributed by atoms with Gasteiger partial charge in [-0.25, -0.2) is 0 Å². The van der Waals surface area contributed by atoms with Gasteiger partial charge in [0.15, 0.2) is 11.5 Å². The number of nitrogens with one attached hydrogen (secondary N) is 1. The van der Waals surface area contributed by atoms with Gasteiger partial charge in [0, 0.05) is 24.5 Å². The van der Waals surface area contributed by atoms with E-state index in [1.54, 1.807) is 0 Å². The lowest BCUT2D eigenvalue weighted by molar-refractivity contribution is 0.0374. The molecular weight excluding hydrogens is 364 g/mol. The standard InChI is InChI=1S/C20H24N2O4S/c23-20(21-6-1-7-22-8-10-24-11-9-22)19-5-4-18(27-19)15-2-3-16-17(14-15)26-13-12-25-16/h2-5,14H,1,6-13H2,(H,21,23). The van der Waals surface area contributed by atoms with Crippen molar-refractivity contribution in [1.82, 2.24) is 10.2 Å². The van der Waals surface area contributed by atoms with Gasteiger partial charge in [-0.2, -0.15) is 0 Å². The first-order valence-electron chi connectivity index (χ1n) is 9.38. The highest BCUT2D eigenvalue weighted by Gasteiger charge is 2.15. The quantitative estimate of drug-likeness (QED) is 0.771. The van der Waals surface area contributed by atoms with Gasteiger partial charge in [0.1, 0.15) is 13.2 Å². The first-order valence-corrected chi connectivity index (χ1v) is 10.2. The molecule has 1 amide bonds. The molecule has 1 aromatic carbocycles. The molecule has 0 bridgehead atoms. The van der Waals surface area contributed by atoms with Crippen molar-refractivity contribution in [2.24, 2.45) is 0 Å². The Morgan fingerprint density at radius 2 is 1.85 bits per heavy atom. The smallest absolute Gasteiger partial charge is 0.261 e. The topological polar surface area (TPSA) is 60.0 Å². The minimum absolute atomic E-state index is 0.00855. The molecule has 0 aliphatic carbocycles. The van der Waals surface area contributed by atoms with E-state index in [4.69, 9.17) is 14.2 Å². The summed E-state index contributed by atoms with van der Waals surface area (Å²) in [5.41, 5.74) is 1.04. The van der Waals surface area contributed by atoms with Gasteiger partial charge in [-0.1, -0.05) is 0 Å². The van der Waals surface area contributed by atoms with Crippen LogP contribution >= 0.6 is 11.3 Å². The minimum Gasteiger partial charge on any atom is -0.486 e. The molecule has 0 atom stereocenters. The lowest BCUT2D eigenvalue weighted by atomic mass is 10.1. The molecule has 0 spiro atoms. The third-order valence-corrected chi connectivity index (χ3v) is 5.83. The fourth-order valence-corrected chi connectivity index (χ4v) is 4.15. The van der Waals surface area contributed by atoms with E-state index in [0.717, 1.165) is 66.1 Å². The van der Waals surface area contributed by atoms with E-state index < -0.39 is 0 Å². The zero-order chi connectivity index (χ0) is 18.5. The summed E-state index contributed by atoms with van der Waals surface area (Å²) in [4.78, 5) is 16.5. The van der Waals surface area contributed by atoms with Gasteiger partial charge in [-0.3, -0.25) is 9.69 Å². The van der Waals surface area contributed by atoms with E-state index in [1.165, 1.54) is 11.3 Å². The molecule has 144 valence electrons. The molecular formula is C20H24N2O4S. The monoisotopic (exact) mass is 388 g/mol. The number of benzene rings is 1. The van der Waals surface area contributed by atoms with Crippen LogP contribution in [0.3, 0.4) is 0 Å². The van der Waals surface area contributed by atoms with E-state index >= 15 is 0 Å². The van der Waals surface area contributed by atoms with Crippen LogP contribution in [-0.4, -0.2) is 63.4 Å². The number of carbonyl (C=O) groups is 1. The largest absolute Gasteiger partial charge is 0.486 e. The molecule has 4 rings (SSSR count). The predicted molar refractivity (Wildman–Crippen MR) is 105 cm³/mol. The van der Waals surface area contributed by atoms with Crippen molar-refractivity contribution in [3.05, 3.63) is 35.2 Å². The number of amides is 1. The van der Waals surface area contributed by atoms with Gasteiger partial charge in [-0.15, -0.1) is 11.3 Å². The average molecular weight is 388 g/mol. The van der Waals surface area contributed by atoms with Crippen LogP contribution in [0.25, 0.3) is 10.4 Å². The maximum absolute atomic E-state index is 12.4. The zero-order valence-corrected chi connectivity index (χ0v) is 16.1. The van der Waals surface area contributed by atoms with Crippen molar-refractivity contribution in [2.45, 2.75) is 6.42 Å². The van der Waals surface area contributed by atoms with Gasteiger partial charge in [0.25, 0.3) is 5.91 Å². The van der Waals surface area contributed by atoms with Gasteiger partial charge in [0.05, 0.1) is 18.1 Å². The summed E-state index contributed by atoms with van der Waals surface area (Å²) >= 11 is 1.50. The van der Waals surface area contributed by atoms with Crippen LogP contribution < -0.4 is 14.8 Å². The summed E-state index contributed by atoms with van der Waals surface area (Å²) in [5, 5.41) is 3.02. The third kappa shape index (κ3) is 4.61. The van der Waals surface area contributed by atoms with E-state index in [-0.39, 0.29) is 5.91 Å². The number of hydrogen-bond donors (Lipinski definition) is 1. The number of nitrogens with zero attached hydrogens (tertiary/aromatic N) is 1. The van der Waals surface area contributed by atoms with E-state index in [0.29, 0.717) is 19.8 Å². The van der Waals surface area contributed by atoms with Crippen LogP contribution in [0.2, 0.25) is 0 Å². The number of morpholine rings is 1. The Morgan fingerprint density at radius 1 is 1.04 bits per heavy atom. The number of hydrogen-bond acceptors (Lipinski definition) is 6. The molecule has 2 aliphatic heterocycles. The van der Waals surface area contributed by atoms with E-state index in [1.807, 2.05) is 30.3 Å². The molecule has 1 fully saturated rings. The van der Waals surface area contributed by atoms with Gasteiger partial charge in [-0.05, 0) is 48.9 Å². The Labute approximate surface area is 163 Å². The van der Waals surface area contributed by atoms with Crippen molar-refractivity contribution in [3.63, 3.8) is 0 Å². The molecule has 6 nitrogen and oxygen atoms in total. The van der Waals surface area contributed by atoms with Gasteiger partial charge >= 0.3 is 0 Å². The molecule has 2 aromatic rings. The molecule has 1 aromatic heterocycles. The predicted octanol–water partition coefficient (Wildman–Crippen LogP) is 2.64. The Hall–Kier alpha value is -2.09. The summed E-state index contributed by atoms with van der Waals surface area (Å²) in [6.07, 6.45) is 0.951. The number of fused-ring (bicyclic) bond motifs is 1. The average Bonchev–Trinajstić information content (AvgIpc) is 3.22. The molecule has 3 heterocycles. The van der Waals surface area contributed by atoms with Gasteiger partial charge in [0.2, 0.25) is 0 Å². The molecule has 7 heteroatoms. The maximum atomic E-state index is 12.4. The van der Waals surface area contributed by atoms with Crippen molar-refractivity contribution in [2.75, 3.05) is 52.6 Å². The second kappa shape index (κ2) is 8.73. The highest BCUT2D eigenvalue weighted by molar-refractivity contribution is 7.17. The molecule has 0 unspecified atom stereocenters. The summed E-state index contributed by atoms with van der Waals surface area (Å²) < 4.78 is 16.6. The summed E-state index contributed by atoms with van der Waals surface area (Å²) in [5.74, 6) is 1.53. The number of rotatable bonds is 6. The summed E-state index contributed by atoms with van der Waals surface area (Å²) in [7, 11) is 0. The van der Waals surface area contributed by atoms with Crippen molar-refractivity contribution in [3.8, 4) is 21.9 Å². The Kier molecular flexibility index (Phi) is 5.91. The van der Waals surface area contributed by atoms with E-state index in [9.17, 15) is 4.79 Å². The first kappa shape index (κ1) is 18.3. The maximum Gasteiger partial charge on any atom is 0.261 e. The third-order valence-electron chi connectivity index (χ3n) is 4.70. The van der Waals surface area contributed by atoms with Crippen molar-refractivity contribution in [1.29, 1.82) is 0 Å². The van der Waals surface area contributed by atoms with Crippen LogP contribution in [-0.2, 0) is 4.74 Å². The van der Waals surface area contributed by atoms with Crippen LogP contribution in [0.4, 0.5) is 0 Å². The number of thiophene rings is 1. The van der Waals surface area contributed by atoms with Gasteiger partial charge < -0.3 is 19.5 Å². The van der Waals surface area contributed by atoms with E-state index in [2.05, 4.69) is 10.2 Å². The minimum atomic E-state index is -0.00855. The molecule has 27 heavy (non-hydrogen) atoms. The lowest BCUT2D eigenvalue weighted by Crippen LogP contribution is -2.38. The molecule has 2 aliphatic rings. The highest BCUT2D eigenvalue weighted by Crippen LogP contribution is 2.36. The summed E-state index contributed by atoms with van der Waals surface area (Å²) in [6, 6.07) is 9.77. The lowest BCUT2D eigenvalue weighted by Gasteiger charge is -2.26. The Bertz CT molecular complexity index is 786. The SMILES string of the molecule is O=C(NCCCN1CCOCC1)c1ccc(-c2ccc3c(c2)OCCO3)s1. The highest BCUT2D eigenvalue weighted by atomic mass is 32.1. The Balaban J connectivity index is 1.30. The first-order chi connectivity index (χ1) is 13.3. The molecule has 0 radical (unpaired) electrons. The molecule has 1 N–H and O–H groups in total. The second-order valence-electron chi connectivity index (χ2n) is 6.59. The Morgan fingerprint density at radius 3 is 2.70 bits per heavy atom. The molecule has 0 saturated carbocycles. The zero-order valence-electron chi connectivity index (χ0n) is 15.2. The fraction of sp³-hybridized carbons (Fsp3) is 0.450. The number of ether oxygens (including phenoxy) is 3. The summed E-state index contributed by atoms with van der Waals surface area (Å²) in [6.45, 7) is 6.42. The second-order valence-corrected chi connectivity index (χ2v) is 7.67. The normalized spacial score (nSPS) is 16.9. The van der Waals surface area contributed by atoms with Crippen LogP contribution in [0, 0.1) is 0 Å². The molecule has 1 saturated heterocycles. The van der Waals surface area contributed by atoms with Crippen LogP contribution in [0.5, 0.6) is 11.5 Å². The van der Waals surface area contributed by atoms with Crippen molar-refractivity contribution >= 4 is 17.2 Å². The van der Waals surface area contributed by atoms with Crippen LogP contribution in [0.1, 0.15) is 16.1 Å². The number of carbonyl (C=O) groups excluding carboxylic acids is 1. The van der Waals surface area contributed by atoms with Crippen molar-refractivity contribution < 1.29 is 19.0 Å². The van der Waals surface area contributed by atoms with Crippen LogP contribution in [0.15, 0.2) is 30.3 Å². The fourth-order valence-electron chi connectivity index (χ4n) is 3.23.